The Morgan fingerprint density at radius 2 is 1.95 bits per heavy atom. The average molecular weight is 371 g/mol. The summed E-state index contributed by atoms with van der Waals surface area (Å²) in [5.41, 5.74) is 2.24. The number of para-hydroxylation sites is 1. The second-order valence-electron chi connectivity index (χ2n) is 4.18. The molecule has 102 valence electrons. The Morgan fingerprint density at radius 1 is 1.20 bits per heavy atom. The summed E-state index contributed by atoms with van der Waals surface area (Å²) >= 11 is 7.90. The monoisotopic (exact) mass is 369 g/mol. The maximum Gasteiger partial charge on any atom is 0.416 e. The van der Waals surface area contributed by atoms with Crippen LogP contribution in [-0.4, -0.2) is 9.54 Å². The molecule has 2 aromatic carbocycles. The van der Waals surface area contributed by atoms with Gasteiger partial charge in [0.1, 0.15) is 11.3 Å². The van der Waals surface area contributed by atoms with Gasteiger partial charge in [0, 0.05) is 15.1 Å². The Morgan fingerprint density at radius 3 is 2.65 bits per heavy atom. The molecule has 0 aliphatic carbocycles. The van der Waals surface area contributed by atoms with Crippen LogP contribution in [0, 0.1) is 0 Å². The van der Waals surface area contributed by atoms with Crippen molar-refractivity contribution < 1.29 is 8.97 Å². The number of aromatic nitrogens is 1. The maximum absolute atomic E-state index is 12.3. The number of hydrogen-bond acceptors (Lipinski definition) is 3. The van der Waals surface area contributed by atoms with Crippen molar-refractivity contribution in [2.45, 2.75) is 11.0 Å². The van der Waals surface area contributed by atoms with E-state index in [0.717, 1.165) is 10.0 Å². The van der Waals surface area contributed by atoms with Gasteiger partial charge >= 0.3 is 5.22 Å². The van der Waals surface area contributed by atoms with E-state index in [4.69, 9.17) is 16.0 Å². The van der Waals surface area contributed by atoms with Crippen molar-refractivity contribution in [1.82, 2.24) is 4.98 Å². The lowest BCUT2D eigenvalue weighted by Crippen LogP contribution is -2.05. The third-order valence-electron chi connectivity index (χ3n) is 2.76. The van der Waals surface area contributed by atoms with Crippen molar-refractivity contribution in [3.63, 3.8) is 0 Å². The Kier molecular flexibility index (Phi) is 4.03. The Hall–Kier alpha value is -1.01. The van der Waals surface area contributed by atoms with Gasteiger partial charge in [-0.1, -0.05) is 29.8 Å². The molecule has 0 saturated heterocycles. The fourth-order valence-electron chi connectivity index (χ4n) is 1.79. The summed E-state index contributed by atoms with van der Waals surface area (Å²) in [5, 5.41) is 0.896. The van der Waals surface area contributed by atoms with Crippen molar-refractivity contribution in [2.75, 3.05) is 0 Å². The lowest BCUT2D eigenvalue weighted by Gasteiger charge is -2.05. The molecule has 1 heterocycles. The summed E-state index contributed by atoms with van der Waals surface area (Å²) in [6.07, 6.45) is 0. The Bertz CT molecular complexity index is 745. The number of oxazole rings is 1. The summed E-state index contributed by atoms with van der Waals surface area (Å²) in [4.78, 5) is 4.29. The van der Waals surface area contributed by atoms with Crippen LogP contribution in [-0.2, 0) is 16.9 Å². The van der Waals surface area contributed by atoms with E-state index < -0.39 is 11.2 Å². The standard InChI is InChI=1S/C14H9BrClNO2S/c15-11-2-1-3-12-13(11)17-14(19-12)20(18)8-9-4-6-10(16)7-5-9/h1-7H,8H2. The minimum atomic E-state index is -1.32. The third kappa shape index (κ3) is 2.86. The molecule has 0 bridgehead atoms. The first-order valence-corrected chi connectivity index (χ1v) is 8.30. The maximum atomic E-state index is 12.3. The molecule has 1 aromatic heterocycles. The topological polar surface area (TPSA) is 49.1 Å². The fourth-order valence-corrected chi connectivity index (χ4v) is 3.34. The Labute approximate surface area is 132 Å². The van der Waals surface area contributed by atoms with Crippen LogP contribution < -0.4 is 0 Å². The quantitative estimate of drug-likeness (QED) is 0.635. The van der Waals surface area contributed by atoms with Gasteiger partial charge < -0.3 is 8.97 Å². The molecule has 3 nitrogen and oxygen atoms in total. The van der Waals surface area contributed by atoms with Crippen molar-refractivity contribution in [2.24, 2.45) is 0 Å². The van der Waals surface area contributed by atoms with Gasteiger partial charge in [-0.2, -0.15) is 4.98 Å². The van der Waals surface area contributed by atoms with Crippen LogP contribution >= 0.6 is 27.5 Å². The number of fused-ring (bicyclic) bond motifs is 1. The van der Waals surface area contributed by atoms with E-state index in [1.54, 1.807) is 18.2 Å². The molecular formula is C14H9BrClNO2S. The van der Waals surface area contributed by atoms with Gasteiger partial charge in [0.15, 0.2) is 5.58 Å². The zero-order valence-electron chi connectivity index (χ0n) is 10.2. The predicted octanol–water partition coefficient (Wildman–Crippen LogP) is 4.55. The van der Waals surface area contributed by atoms with E-state index in [1.165, 1.54) is 0 Å². The molecule has 0 N–H and O–H groups in total. The summed E-state index contributed by atoms with van der Waals surface area (Å²) in [6, 6.07) is 12.8. The normalized spacial score (nSPS) is 12.8. The number of benzene rings is 2. The van der Waals surface area contributed by atoms with Crippen molar-refractivity contribution >= 4 is 49.8 Å². The van der Waals surface area contributed by atoms with Gasteiger partial charge in [0.05, 0.1) is 11.2 Å². The van der Waals surface area contributed by atoms with E-state index in [0.29, 0.717) is 21.9 Å². The molecule has 1 unspecified atom stereocenters. The molecule has 0 saturated carbocycles. The zero-order valence-corrected chi connectivity index (χ0v) is 13.3. The highest BCUT2D eigenvalue weighted by atomic mass is 79.9. The van der Waals surface area contributed by atoms with Gasteiger partial charge in [0.2, 0.25) is 0 Å². The highest BCUT2D eigenvalue weighted by molar-refractivity contribution is 9.10. The zero-order chi connectivity index (χ0) is 14.1. The summed E-state index contributed by atoms with van der Waals surface area (Å²) in [7, 11) is 0. The molecule has 3 aromatic rings. The molecule has 0 spiro atoms. The molecule has 0 fully saturated rings. The van der Waals surface area contributed by atoms with E-state index in [-0.39, 0.29) is 5.22 Å². The second-order valence-corrected chi connectivity index (χ2v) is 6.80. The van der Waals surface area contributed by atoms with Gasteiger partial charge in [-0.05, 0) is 40.2 Å². The van der Waals surface area contributed by atoms with Crippen LogP contribution in [0.4, 0.5) is 0 Å². The van der Waals surface area contributed by atoms with Crippen molar-refractivity contribution in [3.8, 4) is 0 Å². The fraction of sp³-hybridized carbons (Fsp3) is 0.0714. The molecule has 20 heavy (non-hydrogen) atoms. The number of nitrogens with zero attached hydrogens (tertiary/aromatic N) is 1. The van der Waals surface area contributed by atoms with Crippen LogP contribution in [0.1, 0.15) is 5.56 Å². The molecular weight excluding hydrogens is 362 g/mol. The minimum absolute atomic E-state index is 0.238. The highest BCUT2D eigenvalue weighted by Crippen LogP contribution is 2.27. The molecule has 1 atom stereocenters. The summed E-state index contributed by atoms with van der Waals surface area (Å²) < 4.78 is 18.7. The predicted molar refractivity (Wildman–Crippen MR) is 83.3 cm³/mol. The van der Waals surface area contributed by atoms with Crippen LogP contribution in [0.3, 0.4) is 0 Å². The largest absolute Gasteiger partial charge is 0.607 e. The summed E-state index contributed by atoms with van der Waals surface area (Å²) in [6.45, 7) is 0. The Balaban J connectivity index is 1.86. The second kappa shape index (κ2) is 5.77. The van der Waals surface area contributed by atoms with E-state index in [1.807, 2.05) is 24.3 Å². The molecule has 6 heteroatoms. The van der Waals surface area contributed by atoms with Crippen molar-refractivity contribution in [3.05, 3.63) is 57.5 Å². The first-order valence-electron chi connectivity index (χ1n) is 5.81. The highest BCUT2D eigenvalue weighted by Gasteiger charge is 2.20. The lowest BCUT2D eigenvalue weighted by molar-refractivity contribution is 0.458. The van der Waals surface area contributed by atoms with E-state index >= 15 is 0 Å². The van der Waals surface area contributed by atoms with Crippen LogP contribution in [0.2, 0.25) is 5.02 Å². The van der Waals surface area contributed by atoms with E-state index in [9.17, 15) is 4.55 Å². The number of hydrogen-bond donors (Lipinski definition) is 0. The SMILES string of the molecule is [O-][S+](Cc1ccc(Cl)cc1)c1nc2c(Br)cccc2o1. The third-order valence-corrected chi connectivity index (χ3v) is 4.81. The molecule has 3 rings (SSSR count). The molecule has 0 aliphatic rings. The number of rotatable bonds is 3. The summed E-state index contributed by atoms with van der Waals surface area (Å²) in [5.74, 6) is 0.349. The first-order chi connectivity index (χ1) is 9.63. The molecule has 0 amide bonds. The van der Waals surface area contributed by atoms with Gasteiger partial charge in [-0.15, -0.1) is 0 Å². The van der Waals surface area contributed by atoms with Gasteiger partial charge in [0.25, 0.3) is 0 Å². The van der Waals surface area contributed by atoms with Crippen molar-refractivity contribution in [1.29, 1.82) is 0 Å². The molecule has 0 aliphatic heterocycles. The lowest BCUT2D eigenvalue weighted by atomic mass is 10.2. The van der Waals surface area contributed by atoms with Crippen LogP contribution in [0.25, 0.3) is 11.1 Å². The van der Waals surface area contributed by atoms with Crippen LogP contribution in [0.5, 0.6) is 0 Å². The smallest absolute Gasteiger partial charge is 0.416 e. The van der Waals surface area contributed by atoms with Gasteiger partial charge in [-0.25, -0.2) is 0 Å². The van der Waals surface area contributed by atoms with E-state index in [2.05, 4.69) is 20.9 Å². The van der Waals surface area contributed by atoms with Gasteiger partial charge in [-0.3, -0.25) is 0 Å². The minimum Gasteiger partial charge on any atom is -0.607 e. The number of halogens is 2. The average Bonchev–Trinajstić information content (AvgIpc) is 2.87. The first kappa shape index (κ1) is 13.9. The van der Waals surface area contributed by atoms with Crippen LogP contribution in [0.15, 0.2) is 56.6 Å². The molecule has 0 radical (unpaired) electrons.